The second kappa shape index (κ2) is 3.81. The van der Waals surface area contributed by atoms with Crippen LogP contribution in [0.1, 0.15) is 0 Å². The first-order chi connectivity index (χ1) is 3.94. The van der Waals surface area contributed by atoms with Gasteiger partial charge in [-0.25, -0.2) is 0 Å². The molecular formula is C2H2F3NO3. The molecule has 0 aromatic carbocycles. The molecule has 0 aliphatic carbocycles. The number of hydrogen-bond acceptors (Lipinski definition) is 3. The van der Waals surface area contributed by atoms with Crippen LogP contribution in [0.25, 0.3) is 0 Å². The van der Waals surface area contributed by atoms with Crippen LogP contribution in [-0.2, 0) is 4.79 Å². The summed E-state index contributed by atoms with van der Waals surface area (Å²) < 4.78 is 31.5. The van der Waals surface area contributed by atoms with Crippen LogP contribution in [0.3, 0.4) is 0 Å². The van der Waals surface area contributed by atoms with E-state index >= 15 is 0 Å². The average Bonchev–Trinajstić information content (AvgIpc) is 1.69. The second-order valence-corrected chi connectivity index (χ2v) is 0.785. The molecular weight excluding hydrogens is 143 g/mol. The van der Waals surface area contributed by atoms with Gasteiger partial charge in [0.25, 0.3) is 0 Å². The number of nitroso groups, excluding NO2 is 1. The number of nitrogens with two attached hydrogens (primary N) is 1. The molecule has 9 heavy (non-hydrogen) atoms. The van der Waals surface area contributed by atoms with Crippen LogP contribution in [0.15, 0.2) is 0 Å². The molecule has 0 heterocycles. The minimum Gasteiger partial charge on any atom is -0.542 e. The van der Waals surface area contributed by atoms with E-state index in [0.717, 1.165) is 0 Å². The van der Waals surface area contributed by atoms with Gasteiger partial charge in [-0.05, 0) is 5.59 Å². The zero-order valence-electron chi connectivity index (χ0n) is 3.94. The molecule has 0 amide bonds. The Bertz CT molecular complexity index is 99.7. The Morgan fingerprint density at radius 3 is 1.44 bits per heavy atom. The summed E-state index contributed by atoms with van der Waals surface area (Å²) >= 11 is 0. The number of halogens is 3. The van der Waals surface area contributed by atoms with Gasteiger partial charge in [-0.1, -0.05) is 0 Å². The second-order valence-electron chi connectivity index (χ2n) is 0.785. The highest BCUT2D eigenvalue weighted by Gasteiger charge is 2.28. The van der Waals surface area contributed by atoms with Gasteiger partial charge >= 0.3 is 6.18 Å². The van der Waals surface area contributed by atoms with Crippen LogP contribution in [0.2, 0.25) is 0 Å². The van der Waals surface area contributed by atoms with Crippen LogP contribution in [-0.4, -0.2) is 12.1 Å². The Hall–Kier alpha value is -1.14. The number of carboxylic acids is 1. The molecule has 0 aromatic rings. The molecule has 0 unspecified atom stereocenters. The largest absolute Gasteiger partial charge is 0.542 e. The number of carboxylic acid groups (broad SMARTS) is 1. The fourth-order valence-corrected chi connectivity index (χ4v) is 0. The van der Waals surface area contributed by atoms with Crippen molar-refractivity contribution in [2.45, 2.75) is 6.18 Å². The van der Waals surface area contributed by atoms with Gasteiger partial charge in [-0.2, -0.15) is 13.2 Å². The van der Waals surface area contributed by atoms with Gasteiger partial charge in [0.1, 0.15) is 5.97 Å². The van der Waals surface area contributed by atoms with Gasteiger partial charge < -0.3 is 9.90 Å². The maximum Gasteiger partial charge on any atom is 0.430 e. The SMILES string of the molecule is O=C([O-])C(F)(F)F.[NH2+]=O. The molecule has 0 fully saturated rings. The molecule has 2 N–H and O–H groups in total. The third-order valence-electron chi connectivity index (χ3n) is 0.231. The lowest BCUT2D eigenvalue weighted by atomic mass is 10.7. The van der Waals surface area contributed by atoms with Gasteiger partial charge in [0.15, 0.2) is 0 Å². The van der Waals surface area contributed by atoms with Crippen molar-refractivity contribution in [1.29, 1.82) is 0 Å². The average molecular weight is 145 g/mol. The summed E-state index contributed by atoms with van der Waals surface area (Å²) in [5.74, 6) is -3.01. The number of rotatable bonds is 0. The van der Waals surface area contributed by atoms with Gasteiger partial charge in [-0.3, -0.25) is 0 Å². The van der Waals surface area contributed by atoms with Crippen molar-refractivity contribution >= 4 is 5.97 Å². The Balaban J connectivity index is 0. The van der Waals surface area contributed by atoms with E-state index in [0.29, 0.717) is 0 Å². The summed E-state index contributed by atoms with van der Waals surface area (Å²) in [6.07, 6.45) is -5.19. The molecule has 0 rings (SSSR count). The molecule has 0 aromatic heterocycles. The summed E-state index contributed by atoms with van der Waals surface area (Å²) in [6.45, 7) is 0. The van der Waals surface area contributed by atoms with E-state index in [1.54, 1.807) is 0 Å². The lowest BCUT2D eigenvalue weighted by Crippen LogP contribution is -2.37. The number of hydrogen-bond donors (Lipinski definition) is 1. The van der Waals surface area contributed by atoms with E-state index in [-0.39, 0.29) is 0 Å². The lowest BCUT2D eigenvalue weighted by molar-refractivity contribution is -0.344. The predicted molar refractivity (Wildman–Crippen MR) is 16.4 cm³/mol. The molecule has 0 radical (unpaired) electrons. The summed E-state index contributed by atoms with van der Waals surface area (Å²) in [5, 5.41) is 8.78. The first kappa shape index (κ1) is 10.8. The molecule has 0 bridgehead atoms. The summed E-state index contributed by atoms with van der Waals surface area (Å²) in [4.78, 5) is 16.5. The van der Waals surface area contributed by atoms with Crippen molar-refractivity contribution in [3.8, 4) is 0 Å². The topological polar surface area (TPSA) is 82.8 Å². The van der Waals surface area contributed by atoms with Gasteiger partial charge in [0.2, 0.25) is 0 Å². The lowest BCUT2D eigenvalue weighted by Gasteiger charge is -2.03. The van der Waals surface area contributed by atoms with E-state index in [1.807, 2.05) is 0 Å². The van der Waals surface area contributed by atoms with Gasteiger partial charge in [-0.15, -0.1) is 0 Å². The standard InChI is InChI=1S/C2HF3O2.H2NO/c3-2(4,5)1(6)7;1-2/h(H,6,7);1H2/q;+1/p-1. The summed E-state index contributed by atoms with van der Waals surface area (Å²) in [5.41, 5.74) is 3.25. The van der Waals surface area contributed by atoms with E-state index in [1.165, 1.54) is 0 Å². The van der Waals surface area contributed by atoms with Crippen LogP contribution in [0.4, 0.5) is 13.2 Å². The quantitative estimate of drug-likeness (QED) is 0.420. The van der Waals surface area contributed by atoms with Crippen LogP contribution in [0.5, 0.6) is 0 Å². The normalized spacial score (nSPS) is 9.22. The highest BCUT2D eigenvalue weighted by Crippen LogP contribution is 2.11. The Morgan fingerprint density at radius 1 is 1.33 bits per heavy atom. The third kappa shape index (κ3) is 6.86. The molecule has 54 valence electrons. The molecule has 0 saturated carbocycles. The monoisotopic (exact) mass is 145 g/mol. The van der Waals surface area contributed by atoms with Crippen molar-refractivity contribution < 1.29 is 28.7 Å². The van der Waals surface area contributed by atoms with Crippen molar-refractivity contribution in [3.63, 3.8) is 0 Å². The van der Waals surface area contributed by atoms with Gasteiger partial charge in [0, 0.05) is 4.91 Å². The van der Waals surface area contributed by atoms with Crippen molar-refractivity contribution in [3.05, 3.63) is 4.91 Å². The fourth-order valence-electron chi connectivity index (χ4n) is 0. The van der Waals surface area contributed by atoms with E-state index in [4.69, 9.17) is 14.8 Å². The Labute approximate surface area is 47.0 Å². The smallest absolute Gasteiger partial charge is 0.430 e. The maximum absolute atomic E-state index is 10.5. The summed E-state index contributed by atoms with van der Waals surface area (Å²) in [7, 11) is 0. The van der Waals surface area contributed by atoms with Gasteiger partial charge in [0.05, 0.1) is 0 Å². The number of aliphatic carboxylic acids is 1. The van der Waals surface area contributed by atoms with Crippen LogP contribution < -0.4 is 10.7 Å². The van der Waals surface area contributed by atoms with Crippen LogP contribution in [0, 0.1) is 4.91 Å². The Kier molecular flexibility index (Phi) is 4.56. The predicted octanol–water partition coefficient (Wildman–Crippen LogP) is -2.19. The maximum atomic E-state index is 10.5. The molecule has 7 heteroatoms. The zero-order chi connectivity index (χ0) is 8.08. The van der Waals surface area contributed by atoms with E-state index in [2.05, 4.69) is 5.59 Å². The van der Waals surface area contributed by atoms with Crippen molar-refractivity contribution in [2.75, 3.05) is 0 Å². The van der Waals surface area contributed by atoms with E-state index in [9.17, 15) is 13.2 Å². The molecule has 0 saturated heterocycles. The highest BCUT2D eigenvalue weighted by molar-refractivity contribution is 5.70. The fraction of sp³-hybridized carbons (Fsp3) is 0.500. The number of alkyl halides is 3. The minimum atomic E-state index is -5.19. The van der Waals surface area contributed by atoms with E-state index < -0.39 is 12.1 Å². The first-order valence-electron chi connectivity index (χ1n) is 1.46. The zero-order valence-corrected chi connectivity index (χ0v) is 3.94. The summed E-state index contributed by atoms with van der Waals surface area (Å²) in [6, 6.07) is 0. The van der Waals surface area contributed by atoms with Crippen molar-refractivity contribution in [2.24, 2.45) is 0 Å². The Morgan fingerprint density at radius 2 is 1.44 bits per heavy atom. The molecule has 0 spiro atoms. The molecule has 4 nitrogen and oxygen atoms in total. The molecule has 0 atom stereocenters. The van der Waals surface area contributed by atoms with Crippen molar-refractivity contribution in [1.82, 2.24) is 0 Å². The molecule has 0 aliphatic heterocycles. The first-order valence-corrected chi connectivity index (χ1v) is 1.46. The number of carbonyl (C=O) groups excluding carboxylic acids is 1. The third-order valence-corrected chi connectivity index (χ3v) is 0.231. The minimum absolute atomic E-state index is 3.01. The molecule has 0 aliphatic rings. The highest BCUT2D eigenvalue weighted by atomic mass is 19.4. The number of carbonyl (C=O) groups is 1. The van der Waals surface area contributed by atoms with Crippen LogP contribution >= 0.6 is 0 Å².